The summed E-state index contributed by atoms with van der Waals surface area (Å²) in [6, 6.07) is 12.4. The van der Waals surface area contributed by atoms with E-state index in [-0.39, 0.29) is 24.3 Å². The van der Waals surface area contributed by atoms with Gasteiger partial charge in [-0.3, -0.25) is 24.6 Å². The zero-order chi connectivity index (χ0) is 27.8. The van der Waals surface area contributed by atoms with Crippen molar-refractivity contribution in [3.63, 3.8) is 0 Å². The van der Waals surface area contributed by atoms with Gasteiger partial charge in [0.1, 0.15) is 29.7 Å². The van der Waals surface area contributed by atoms with Crippen LogP contribution in [0.2, 0.25) is 0 Å². The van der Waals surface area contributed by atoms with Gasteiger partial charge < -0.3 is 14.4 Å². The van der Waals surface area contributed by atoms with Crippen LogP contribution < -0.4 is 14.8 Å². The number of fused-ring (bicyclic) bond motifs is 1. The van der Waals surface area contributed by atoms with Crippen molar-refractivity contribution < 1.29 is 23.9 Å². The Morgan fingerprint density at radius 2 is 2.02 bits per heavy atom. The Labute approximate surface area is 230 Å². The summed E-state index contributed by atoms with van der Waals surface area (Å²) in [6.07, 6.45) is 5.24. The van der Waals surface area contributed by atoms with Crippen molar-refractivity contribution in [1.82, 2.24) is 24.9 Å². The number of likely N-dealkylation sites (tertiary alicyclic amines) is 1. The first-order chi connectivity index (χ1) is 19.4. The number of amides is 3. The second kappa shape index (κ2) is 10.5. The molecule has 2 saturated heterocycles. The van der Waals surface area contributed by atoms with Gasteiger partial charge in [-0.2, -0.15) is 10.4 Å². The molecular formula is C29H28N6O5. The minimum absolute atomic E-state index is 0.0104. The Morgan fingerprint density at radius 1 is 1.15 bits per heavy atom. The molecular weight excluding hydrogens is 512 g/mol. The fourth-order valence-electron chi connectivity index (χ4n) is 5.62. The largest absolute Gasteiger partial charge is 0.495 e. The summed E-state index contributed by atoms with van der Waals surface area (Å²) in [7, 11) is 1.54. The summed E-state index contributed by atoms with van der Waals surface area (Å²) in [5.74, 6) is 0.322. The number of carbonyl (C=O) groups is 3. The van der Waals surface area contributed by atoms with E-state index in [2.05, 4.69) is 21.4 Å². The third-order valence-electron chi connectivity index (χ3n) is 7.64. The van der Waals surface area contributed by atoms with Crippen molar-refractivity contribution in [3.05, 3.63) is 71.0 Å². The van der Waals surface area contributed by atoms with Gasteiger partial charge in [0.05, 0.1) is 24.6 Å². The average molecular weight is 541 g/mol. The van der Waals surface area contributed by atoms with E-state index in [0.717, 1.165) is 42.9 Å². The van der Waals surface area contributed by atoms with Gasteiger partial charge in [0.15, 0.2) is 0 Å². The first-order valence-corrected chi connectivity index (χ1v) is 13.2. The molecule has 2 atom stereocenters. The van der Waals surface area contributed by atoms with Crippen LogP contribution in [-0.4, -0.2) is 69.6 Å². The third-order valence-corrected chi connectivity index (χ3v) is 7.64. The molecule has 0 spiro atoms. The highest BCUT2D eigenvalue weighted by Gasteiger charge is 2.39. The lowest BCUT2D eigenvalue weighted by Crippen LogP contribution is -2.52. The molecule has 0 saturated carbocycles. The van der Waals surface area contributed by atoms with Gasteiger partial charge in [-0.25, -0.2) is 4.68 Å². The molecule has 3 aromatic rings. The van der Waals surface area contributed by atoms with Gasteiger partial charge in [0.2, 0.25) is 11.8 Å². The maximum atomic E-state index is 12.9. The van der Waals surface area contributed by atoms with Crippen LogP contribution in [0.3, 0.4) is 0 Å². The van der Waals surface area contributed by atoms with E-state index < -0.39 is 11.9 Å². The zero-order valence-corrected chi connectivity index (χ0v) is 22.0. The van der Waals surface area contributed by atoms with E-state index in [0.29, 0.717) is 35.6 Å². The molecule has 204 valence electrons. The Hall–Kier alpha value is -4.69. The molecule has 0 radical (unpaired) electrons. The van der Waals surface area contributed by atoms with Crippen molar-refractivity contribution in [1.29, 1.82) is 5.26 Å². The van der Waals surface area contributed by atoms with Crippen LogP contribution in [0.4, 0.5) is 0 Å². The molecule has 1 N–H and O–H groups in total. The van der Waals surface area contributed by atoms with E-state index in [9.17, 15) is 19.6 Å². The standard InChI is InChI=1S/C29H28N6O5/c1-39-26-6-2-21(10-19(26)12-30)35-15-18(13-31-35)14-33-9-8-23(17-33)40-22-3-4-24-20(11-22)16-34(29(24)38)25-5-7-27(36)32-28(25)37/h2-4,6,10-11,13,15,23,25H,5,7-9,14,16-17H2,1H3,(H,32,36,37)/t23-,25?/m0/s1. The lowest BCUT2D eigenvalue weighted by atomic mass is 10.0. The number of carbonyl (C=O) groups excluding carboxylic acids is 3. The van der Waals surface area contributed by atoms with Crippen molar-refractivity contribution in [2.45, 2.75) is 44.5 Å². The van der Waals surface area contributed by atoms with Crippen LogP contribution in [0.15, 0.2) is 48.8 Å². The molecule has 40 heavy (non-hydrogen) atoms. The number of ether oxygens (including phenoxy) is 2. The molecule has 11 nitrogen and oxygen atoms in total. The van der Waals surface area contributed by atoms with Crippen molar-refractivity contribution in [2.75, 3.05) is 20.2 Å². The van der Waals surface area contributed by atoms with Gasteiger partial charge in [-0.05, 0) is 54.8 Å². The molecule has 1 aromatic heterocycles. The molecule has 0 bridgehead atoms. The first-order valence-electron chi connectivity index (χ1n) is 13.2. The number of aromatic nitrogens is 2. The summed E-state index contributed by atoms with van der Waals surface area (Å²) in [5.41, 5.74) is 3.70. The van der Waals surface area contributed by atoms with Crippen molar-refractivity contribution >= 4 is 17.7 Å². The van der Waals surface area contributed by atoms with Gasteiger partial charge in [0, 0.05) is 49.9 Å². The van der Waals surface area contributed by atoms with Gasteiger partial charge in [-0.15, -0.1) is 0 Å². The minimum Gasteiger partial charge on any atom is -0.495 e. The topological polar surface area (TPSA) is 130 Å². The van der Waals surface area contributed by atoms with Crippen molar-refractivity contribution in [3.8, 4) is 23.3 Å². The van der Waals surface area contributed by atoms with E-state index in [4.69, 9.17) is 9.47 Å². The Bertz CT molecular complexity index is 1540. The second-order valence-electron chi connectivity index (χ2n) is 10.3. The molecule has 1 unspecified atom stereocenters. The lowest BCUT2D eigenvalue weighted by Gasteiger charge is -2.29. The number of imide groups is 1. The zero-order valence-electron chi connectivity index (χ0n) is 22.0. The average Bonchev–Trinajstić information content (AvgIpc) is 3.68. The Balaban J connectivity index is 1.06. The molecule has 4 heterocycles. The fraction of sp³-hybridized carbons (Fsp3) is 0.345. The van der Waals surface area contributed by atoms with Crippen LogP contribution >= 0.6 is 0 Å². The SMILES string of the molecule is COc1ccc(-n2cc(CN3CC[C@H](Oc4ccc5c(c4)CN(C4CCC(=O)NC4=O)C5=O)C3)cn2)cc1C#N. The smallest absolute Gasteiger partial charge is 0.255 e. The highest BCUT2D eigenvalue weighted by Crippen LogP contribution is 2.31. The number of hydrogen-bond acceptors (Lipinski definition) is 8. The predicted octanol–water partition coefficient (Wildman–Crippen LogP) is 2.17. The quantitative estimate of drug-likeness (QED) is 0.452. The maximum absolute atomic E-state index is 12.9. The molecule has 6 rings (SSSR count). The van der Waals surface area contributed by atoms with Crippen LogP contribution in [0.5, 0.6) is 11.5 Å². The number of rotatable bonds is 7. The molecule has 11 heteroatoms. The highest BCUT2D eigenvalue weighted by molar-refractivity contribution is 6.05. The minimum atomic E-state index is -0.632. The van der Waals surface area contributed by atoms with Crippen LogP contribution in [0, 0.1) is 11.3 Å². The van der Waals surface area contributed by atoms with Crippen LogP contribution in [-0.2, 0) is 22.7 Å². The number of nitriles is 1. The molecule has 2 fully saturated rings. The summed E-state index contributed by atoms with van der Waals surface area (Å²) in [5, 5.41) is 16.2. The van der Waals surface area contributed by atoms with E-state index in [1.54, 1.807) is 27.8 Å². The van der Waals surface area contributed by atoms with Gasteiger partial charge in [0.25, 0.3) is 5.91 Å². The van der Waals surface area contributed by atoms with Crippen molar-refractivity contribution in [2.24, 2.45) is 0 Å². The van der Waals surface area contributed by atoms with E-state index in [1.165, 1.54) is 7.11 Å². The molecule has 0 aliphatic carbocycles. The second-order valence-corrected chi connectivity index (χ2v) is 10.3. The third kappa shape index (κ3) is 4.89. The van der Waals surface area contributed by atoms with E-state index in [1.807, 2.05) is 30.6 Å². The fourth-order valence-corrected chi connectivity index (χ4v) is 5.62. The number of nitrogens with zero attached hydrogens (tertiary/aromatic N) is 5. The number of hydrogen-bond donors (Lipinski definition) is 1. The maximum Gasteiger partial charge on any atom is 0.255 e. The van der Waals surface area contributed by atoms with Crippen LogP contribution in [0.1, 0.15) is 46.3 Å². The number of methoxy groups -OCH3 is 1. The molecule has 3 aliphatic rings. The summed E-state index contributed by atoms with van der Waals surface area (Å²) in [4.78, 5) is 40.6. The lowest BCUT2D eigenvalue weighted by molar-refractivity contribution is -0.136. The summed E-state index contributed by atoms with van der Waals surface area (Å²) in [6.45, 7) is 2.68. The molecule has 3 amide bonds. The summed E-state index contributed by atoms with van der Waals surface area (Å²) >= 11 is 0. The van der Waals surface area contributed by atoms with Crippen LogP contribution in [0.25, 0.3) is 5.69 Å². The van der Waals surface area contributed by atoms with Gasteiger partial charge >= 0.3 is 0 Å². The number of nitrogens with one attached hydrogen (secondary N) is 1. The Morgan fingerprint density at radius 3 is 2.83 bits per heavy atom. The number of benzene rings is 2. The molecule has 2 aromatic carbocycles. The predicted molar refractivity (Wildman–Crippen MR) is 142 cm³/mol. The summed E-state index contributed by atoms with van der Waals surface area (Å²) < 4.78 is 13.3. The highest BCUT2D eigenvalue weighted by atomic mass is 16.5. The molecule has 3 aliphatic heterocycles. The normalized spacial score (nSPS) is 20.8. The first kappa shape index (κ1) is 25.6. The monoisotopic (exact) mass is 540 g/mol. The van der Waals surface area contributed by atoms with Gasteiger partial charge in [-0.1, -0.05) is 0 Å². The Kier molecular flexibility index (Phi) is 6.69. The number of piperidine rings is 1. The van der Waals surface area contributed by atoms with E-state index >= 15 is 0 Å².